The van der Waals surface area contributed by atoms with E-state index in [4.69, 9.17) is 4.74 Å². The first-order chi connectivity index (χ1) is 14.7. The summed E-state index contributed by atoms with van der Waals surface area (Å²) in [4.78, 5) is 24.0. The maximum Gasteiger partial charge on any atom is 0.471 e. The molecule has 2 aliphatic heterocycles. The number of alkyl halides is 6. The van der Waals surface area contributed by atoms with Gasteiger partial charge in [-0.25, -0.2) is 0 Å². The number of hydrogen-bond donors (Lipinski definition) is 0. The molecule has 2 aromatic heterocycles. The second kappa shape index (κ2) is 7.27. The molecule has 2 aromatic rings. The van der Waals surface area contributed by atoms with E-state index in [9.17, 15) is 35.9 Å². The van der Waals surface area contributed by atoms with Crippen molar-refractivity contribution in [3.63, 3.8) is 0 Å². The molecule has 14 heteroatoms. The number of Topliss-reactive ketones (excluding diaryl/α,β-unsaturated/α-hetero) is 1. The van der Waals surface area contributed by atoms with Crippen LogP contribution >= 0.6 is 11.3 Å². The van der Waals surface area contributed by atoms with E-state index in [1.54, 1.807) is 0 Å². The number of piperidine rings is 1. The zero-order chi connectivity index (χ0) is 23.6. The fraction of sp³-hybridized carbons (Fsp3) is 0.556. The third-order valence-electron chi connectivity index (χ3n) is 5.63. The Labute approximate surface area is 180 Å². The minimum Gasteiger partial charge on any atom is -0.362 e. The number of aryl methyl sites for hydroxylation is 1. The summed E-state index contributed by atoms with van der Waals surface area (Å²) in [5.74, 6) is -2.73. The first-order valence-corrected chi connectivity index (χ1v) is 10.2. The number of carbonyl (C=O) groups is 2. The Morgan fingerprint density at radius 2 is 1.94 bits per heavy atom. The Balaban J connectivity index is 1.83. The Bertz CT molecular complexity index is 1080. The van der Waals surface area contributed by atoms with Crippen LogP contribution in [0.3, 0.4) is 0 Å². The molecule has 4 heterocycles. The molecule has 0 saturated carbocycles. The van der Waals surface area contributed by atoms with Gasteiger partial charge in [-0.05, 0) is 13.0 Å². The van der Waals surface area contributed by atoms with Crippen molar-refractivity contribution in [2.45, 2.75) is 49.8 Å². The van der Waals surface area contributed by atoms with E-state index in [0.717, 1.165) is 6.07 Å². The molecule has 1 spiro atoms. The maximum atomic E-state index is 13.3. The van der Waals surface area contributed by atoms with Crippen LogP contribution in [0.4, 0.5) is 26.3 Å². The lowest BCUT2D eigenvalue weighted by Gasteiger charge is -2.50. The highest BCUT2D eigenvalue weighted by Gasteiger charge is 2.56. The van der Waals surface area contributed by atoms with Gasteiger partial charge in [0.2, 0.25) is 0 Å². The highest BCUT2D eigenvalue weighted by atomic mass is 32.1. The van der Waals surface area contributed by atoms with Crippen molar-refractivity contribution in [2.24, 2.45) is 7.05 Å². The van der Waals surface area contributed by atoms with Gasteiger partial charge in [0.15, 0.2) is 5.78 Å². The molecule has 32 heavy (non-hydrogen) atoms. The Morgan fingerprint density at radius 3 is 2.50 bits per heavy atom. The summed E-state index contributed by atoms with van der Waals surface area (Å²) in [7, 11) is 1.48. The number of ketones is 1. The zero-order valence-electron chi connectivity index (χ0n) is 16.6. The van der Waals surface area contributed by atoms with E-state index in [2.05, 4.69) is 10.3 Å². The molecule has 0 aliphatic carbocycles. The molecular formula is C18H16F6N4O3S. The number of likely N-dealkylation sites (tertiary alicyclic amines) is 1. The Kier molecular flexibility index (Phi) is 5.16. The molecule has 7 nitrogen and oxygen atoms in total. The molecule has 0 aromatic carbocycles. The zero-order valence-corrected chi connectivity index (χ0v) is 17.4. The second-order valence-electron chi connectivity index (χ2n) is 7.86. The maximum absolute atomic E-state index is 13.3. The lowest BCUT2D eigenvalue weighted by atomic mass is 9.75. The van der Waals surface area contributed by atoms with Gasteiger partial charge in [-0.3, -0.25) is 14.3 Å². The van der Waals surface area contributed by atoms with Crippen LogP contribution in [0.15, 0.2) is 12.3 Å². The van der Waals surface area contributed by atoms with Crippen LogP contribution in [0.2, 0.25) is 0 Å². The fourth-order valence-corrected chi connectivity index (χ4v) is 5.43. The van der Waals surface area contributed by atoms with Crippen molar-refractivity contribution >= 4 is 23.0 Å². The molecule has 2 aliphatic rings. The summed E-state index contributed by atoms with van der Waals surface area (Å²) in [6.45, 7) is 0.836. The van der Waals surface area contributed by atoms with E-state index < -0.39 is 53.2 Å². The van der Waals surface area contributed by atoms with Crippen molar-refractivity contribution in [1.82, 2.24) is 19.9 Å². The molecule has 1 fully saturated rings. The van der Waals surface area contributed by atoms with Crippen molar-refractivity contribution in [2.75, 3.05) is 6.61 Å². The van der Waals surface area contributed by atoms with Crippen LogP contribution in [0.5, 0.6) is 0 Å². The van der Waals surface area contributed by atoms with Crippen molar-refractivity contribution in [3.05, 3.63) is 33.3 Å². The first kappa shape index (κ1) is 22.7. The van der Waals surface area contributed by atoms with E-state index in [-0.39, 0.29) is 40.3 Å². The number of carbonyl (C=O) groups excluding carboxylic acids is 2. The molecule has 3 atom stereocenters. The number of fused-ring (bicyclic) bond motifs is 2. The van der Waals surface area contributed by atoms with E-state index >= 15 is 0 Å². The third kappa shape index (κ3) is 3.68. The topological polar surface area (TPSA) is 77.3 Å². The highest BCUT2D eigenvalue weighted by molar-refractivity contribution is 7.14. The predicted octanol–water partition coefficient (Wildman–Crippen LogP) is 3.62. The van der Waals surface area contributed by atoms with Gasteiger partial charge in [-0.15, -0.1) is 16.4 Å². The average molecular weight is 482 g/mol. The van der Waals surface area contributed by atoms with Gasteiger partial charge in [-0.1, -0.05) is 5.21 Å². The summed E-state index contributed by atoms with van der Waals surface area (Å²) in [5.41, 5.74) is -1.48. The molecule has 0 bridgehead atoms. The standard InChI is InChI=1S/C18H16F6N4O3S/c1-8-4-16(9-3-13(17(19,20)21)32-14(9)12(29)7-31-16)5-11(10-6-27(2)26-25-10)28(8)15(30)18(22,23)24/h3,6,8,11H,4-5,7H2,1-2H3/t8-,11-,16-/m0/s1. The number of amides is 1. The van der Waals surface area contributed by atoms with Gasteiger partial charge in [0.1, 0.15) is 17.2 Å². The van der Waals surface area contributed by atoms with Crippen LogP contribution < -0.4 is 0 Å². The van der Waals surface area contributed by atoms with Crippen molar-refractivity contribution in [3.8, 4) is 0 Å². The number of nitrogens with zero attached hydrogens (tertiary/aromatic N) is 4. The molecule has 1 saturated heterocycles. The highest BCUT2D eigenvalue weighted by Crippen LogP contribution is 2.53. The van der Waals surface area contributed by atoms with Crippen molar-refractivity contribution < 1.29 is 40.7 Å². The lowest BCUT2D eigenvalue weighted by Crippen LogP contribution is -2.57. The molecular weight excluding hydrogens is 466 g/mol. The van der Waals surface area contributed by atoms with Crippen molar-refractivity contribution in [1.29, 1.82) is 0 Å². The third-order valence-corrected chi connectivity index (χ3v) is 6.85. The van der Waals surface area contributed by atoms with Crippen LogP contribution in [-0.2, 0) is 28.4 Å². The molecule has 174 valence electrons. The summed E-state index contributed by atoms with van der Waals surface area (Å²) >= 11 is 0.285. The quantitative estimate of drug-likeness (QED) is 0.581. The first-order valence-electron chi connectivity index (χ1n) is 9.37. The van der Waals surface area contributed by atoms with Gasteiger partial charge in [0.05, 0.1) is 22.7 Å². The number of thiophene rings is 1. The number of rotatable bonds is 1. The SMILES string of the molecule is C[C@H]1C[C@@]2(C[C@@H](c3cn(C)nn3)N1C(=O)C(F)(F)F)OCC(=O)c1sc(C(F)(F)F)cc12. The van der Waals surface area contributed by atoms with Crippen LogP contribution in [0.1, 0.15) is 51.6 Å². The van der Waals surface area contributed by atoms with E-state index in [0.29, 0.717) is 4.90 Å². The number of hydrogen-bond acceptors (Lipinski definition) is 6. The van der Waals surface area contributed by atoms with E-state index in [1.807, 2.05) is 0 Å². The minimum atomic E-state index is -5.17. The van der Waals surface area contributed by atoms with E-state index in [1.165, 1.54) is 24.9 Å². The fourth-order valence-electron chi connectivity index (χ4n) is 4.39. The van der Waals surface area contributed by atoms with Gasteiger partial charge in [0, 0.05) is 31.5 Å². The van der Waals surface area contributed by atoms with Gasteiger partial charge in [-0.2, -0.15) is 26.3 Å². The normalized spacial score (nSPS) is 26.5. The molecule has 4 rings (SSSR count). The summed E-state index contributed by atoms with van der Waals surface area (Å²) in [6, 6.07) is -1.55. The smallest absolute Gasteiger partial charge is 0.362 e. The molecule has 0 N–H and O–H groups in total. The van der Waals surface area contributed by atoms with Gasteiger partial charge < -0.3 is 9.64 Å². The largest absolute Gasteiger partial charge is 0.471 e. The summed E-state index contributed by atoms with van der Waals surface area (Å²) in [6.07, 6.45) is -9.07. The monoisotopic (exact) mass is 482 g/mol. The molecule has 1 amide bonds. The Hall–Kier alpha value is -2.48. The molecule has 0 unspecified atom stereocenters. The average Bonchev–Trinajstić information content (AvgIpc) is 3.31. The van der Waals surface area contributed by atoms with Crippen LogP contribution in [0.25, 0.3) is 0 Å². The number of aromatic nitrogens is 3. The van der Waals surface area contributed by atoms with Gasteiger partial charge in [0.25, 0.3) is 0 Å². The molecule has 0 radical (unpaired) electrons. The van der Waals surface area contributed by atoms with Crippen LogP contribution in [-0.4, -0.2) is 50.4 Å². The summed E-state index contributed by atoms with van der Waals surface area (Å²) < 4.78 is 87.0. The number of halogens is 6. The minimum absolute atomic E-state index is 0.0223. The summed E-state index contributed by atoms with van der Waals surface area (Å²) in [5, 5.41) is 7.54. The predicted molar refractivity (Wildman–Crippen MR) is 96.6 cm³/mol. The lowest BCUT2D eigenvalue weighted by molar-refractivity contribution is -0.200. The van der Waals surface area contributed by atoms with Crippen LogP contribution in [0, 0.1) is 0 Å². The number of ether oxygens (including phenoxy) is 1. The van der Waals surface area contributed by atoms with Gasteiger partial charge >= 0.3 is 18.3 Å². The second-order valence-corrected chi connectivity index (χ2v) is 8.91. The Morgan fingerprint density at radius 1 is 1.25 bits per heavy atom.